The van der Waals surface area contributed by atoms with Crippen molar-refractivity contribution in [3.05, 3.63) is 12.2 Å². The first-order chi connectivity index (χ1) is 17.6. The van der Waals surface area contributed by atoms with E-state index in [-0.39, 0.29) is 39.6 Å². The standard InChI is InChI=1S/C33H53NO4/c1-19(2)21-11-16-33(28(38)34-20(3)27(36)37)18-17-31(7)22(26(21)33)9-10-24-30(6)14-13-25(35)29(4,5)23(30)12-15-32(24,31)8/h20-26,35H,1,9-18H2,2-8H3,(H,34,38)(H,36,37)/t20-,21+,22-,23+,24-,25+,26-,30+,31-,32-,33+/m1/s1. The maximum absolute atomic E-state index is 13.9. The molecule has 214 valence electrons. The molecule has 5 saturated carbocycles. The molecule has 0 aromatic heterocycles. The van der Waals surface area contributed by atoms with Gasteiger partial charge in [-0.1, -0.05) is 46.8 Å². The Bertz CT molecular complexity index is 1020. The summed E-state index contributed by atoms with van der Waals surface area (Å²) in [6.45, 7) is 20.4. The second-order valence-corrected chi connectivity index (χ2v) is 15.8. The fourth-order valence-corrected chi connectivity index (χ4v) is 11.9. The molecule has 0 aromatic carbocycles. The number of carboxylic acid groups (broad SMARTS) is 1. The zero-order valence-electron chi connectivity index (χ0n) is 25.0. The number of allylic oxidation sites excluding steroid dienone is 1. The monoisotopic (exact) mass is 527 g/mol. The lowest BCUT2D eigenvalue weighted by molar-refractivity contribution is -0.246. The third-order valence-corrected chi connectivity index (χ3v) is 14.2. The van der Waals surface area contributed by atoms with Gasteiger partial charge in [0.1, 0.15) is 6.04 Å². The molecule has 0 radical (unpaired) electrons. The van der Waals surface area contributed by atoms with Crippen LogP contribution in [0.2, 0.25) is 0 Å². The number of amides is 1. The topological polar surface area (TPSA) is 86.6 Å². The van der Waals surface area contributed by atoms with Gasteiger partial charge >= 0.3 is 5.97 Å². The Kier molecular flexibility index (Phi) is 6.54. The molecule has 5 nitrogen and oxygen atoms in total. The van der Waals surface area contributed by atoms with Gasteiger partial charge in [-0.05, 0) is 129 Å². The van der Waals surface area contributed by atoms with Gasteiger partial charge in [-0.25, -0.2) is 0 Å². The van der Waals surface area contributed by atoms with E-state index in [1.54, 1.807) is 6.92 Å². The third kappa shape index (κ3) is 3.51. The molecule has 0 bridgehead atoms. The summed E-state index contributed by atoms with van der Waals surface area (Å²) < 4.78 is 0. The molecule has 0 heterocycles. The Morgan fingerprint density at radius 3 is 2.18 bits per heavy atom. The quantitative estimate of drug-likeness (QED) is 0.360. The van der Waals surface area contributed by atoms with Crippen LogP contribution in [0.3, 0.4) is 0 Å². The summed E-state index contributed by atoms with van der Waals surface area (Å²) in [5.41, 5.74) is 1.21. The van der Waals surface area contributed by atoms with E-state index in [1.165, 1.54) is 24.8 Å². The van der Waals surface area contributed by atoms with Gasteiger partial charge in [0.15, 0.2) is 0 Å². The smallest absolute Gasteiger partial charge is 0.325 e. The number of nitrogens with one attached hydrogen (secondary N) is 1. The van der Waals surface area contributed by atoms with Crippen LogP contribution < -0.4 is 5.32 Å². The molecule has 5 aliphatic carbocycles. The van der Waals surface area contributed by atoms with Crippen molar-refractivity contribution in [3.8, 4) is 0 Å². The van der Waals surface area contributed by atoms with Crippen LogP contribution in [-0.2, 0) is 9.59 Å². The number of carboxylic acids is 1. The first-order valence-electron chi connectivity index (χ1n) is 15.4. The first kappa shape index (κ1) is 28.2. The average molecular weight is 528 g/mol. The van der Waals surface area contributed by atoms with E-state index in [1.807, 2.05) is 0 Å². The van der Waals surface area contributed by atoms with E-state index in [9.17, 15) is 19.8 Å². The first-order valence-corrected chi connectivity index (χ1v) is 15.4. The molecule has 0 aliphatic heterocycles. The van der Waals surface area contributed by atoms with E-state index in [0.717, 1.165) is 44.9 Å². The Labute approximate surface area is 230 Å². The van der Waals surface area contributed by atoms with Crippen molar-refractivity contribution < 1.29 is 19.8 Å². The fourth-order valence-electron chi connectivity index (χ4n) is 11.9. The van der Waals surface area contributed by atoms with Crippen molar-refractivity contribution in [1.29, 1.82) is 0 Å². The van der Waals surface area contributed by atoms with Gasteiger partial charge in [-0.2, -0.15) is 0 Å². The fraction of sp³-hybridized carbons (Fsp3) is 0.879. The van der Waals surface area contributed by atoms with Gasteiger partial charge in [0, 0.05) is 0 Å². The molecule has 0 aromatic rings. The lowest BCUT2D eigenvalue weighted by Crippen LogP contribution is -2.67. The lowest BCUT2D eigenvalue weighted by atomic mass is 9.32. The molecule has 5 rings (SSSR count). The molecular weight excluding hydrogens is 474 g/mol. The van der Waals surface area contributed by atoms with Crippen molar-refractivity contribution >= 4 is 11.9 Å². The second kappa shape index (κ2) is 8.82. The van der Waals surface area contributed by atoms with Gasteiger partial charge in [-0.15, -0.1) is 0 Å². The highest BCUT2D eigenvalue weighted by Gasteiger charge is 2.71. The highest BCUT2D eigenvalue weighted by atomic mass is 16.4. The number of aliphatic hydroxyl groups excluding tert-OH is 1. The largest absolute Gasteiger partial charge is 0.480 e. The predicted octanol–water partition coefficient (Wildman–Crippen LogP) is 6.59. The molecule has 5 heteroatoms. The number of aliphatic hydroxyl groups is 1. The van der Waals surface area contributed by atoms with E-state index in [4.69, 9.17) is 0 Å². The van der Waals surface area contributed by atoms with Crippen LogP contribution in [0, 0.1) is 56.7 Å². The minimum Gasteiger partial charge on any atom is -0.480 e. The minimum atomic E-state index is -0.972. The SMILES string of the molecule is C=C(C)[C@@H]1CC[C@]2(C(=O)N[C@H](C)C(=O)O)CC[C@]3(C)[C@H](CC[C@@H]4[C@@]5(C)CC[C@H](O)C(C)(C)[C@@H]5CC[C@]43C)[C@@H]12. The minimum absolute atomic E-state index is 0.0332. The lowest BCUT2D eigenvalue weighted by Gasteiger charge is -2.72. The van der Waals surface area contributed by atoms with Crippen LogP contribution >= 0.6 is 0 Å². The maximum Gasteiger partial charge on any atom is 0.325 e. The Morgan fingerprint density at radius 1 is 0.868 bits per heavy atom. The van der Waals surface area contributed by atoms with Crippen molar-refractivity contribution in [2.75, 3.05) is 0 Å². The predicted molar refractivity (Wildman–Crippen MR) is 150 cm³/mol. The summed E-state index contributed by atoms with van der Waals surface area (Å²) in [5, 5.41) is 23.4. The Morgan fingerprint density at radius 2 is 1.55 bits per heavy atom. The summed E-state index contributed by atoms with van der Waals surface area (Å²) >= 11 is 0. The molecule has 3 N–H and O–H groups in total. The molecule has 1 amide bonds. The Balaban J connectivity index is 1.53. The van der Waals surface area contributed by atoms with Crippen molar-refractivity contribution in [3.63, 3.8) is 0 Å². The second-order valence-electron chi connectivity index (χ2n) is 15.8. The summed E-state index contributed by atoms with van der Waals surface area (Å²) in [7, 11) is 0. The molecule has 5 fully saturated rings. The number of fused-ring (bicyclic) bond motifs is 7. The zero-order valence-corrected chi connectivity index (χ0v) is 25.0. The molecule has 0 spiro atoms. The number of aliphatic carboxylic acids is 1. The van der Waals surface area contributed by atoms with E-state index < -0.39 is 17.4 Å². The number of hydrogen-bond acceptors (Lipinski definition) is 3. The highest BCUT2D eigenvalue weighted by Crippen LogP contribution is 2.77. The summed E-state index contributed by atoms with van der Waals surface area (Å²) in [6.07, 6.45) is 10.2. The van der Waals surface area contributed by atoms with Crippen LogP contribution in [0.15, 0.2) is 12.2 Å². The molecule has 38 heavy (non-hydrogen) atoms. The molecule has 11 atom stereocenters. The highest BCUT2D eigenvalue weighted by molar-refractivity contribution is 5.88. The maximum atomic E-state index is 13.9. The van der Waals surface area contributed by atoms with E-state index in [0.29, 0.717) is 23.7 Å². The van der Waals surface area contributed by atoms with Crippen LogP contribution in [0.4, 0.5) is 0 Å². The van der Waals surface area contributed by atoms with Gasteiger partial charge in [-0.3, -0.25) is 9.59 Å². The number of hydrogen-bond donors (Lipinski definition) is 3. The van der Waals surface area contributed by atoms with Gasteiger partial charge < -0.3 is 15.5 Å². The molecule has 0 unspecified atom stereocenters. The molecule has 5 aliphatic rings. The summed E-state index contributed by atoms with van der Waals surface area (Å²) in [6, 6.07) is -0.872. The van der Waals surface area contributed by atoms with Crippen molar-refractivity contribution in [2.24, 2.45) is 56.7 Å². The van der Waals surface area contributed by atoms with Crippen molar-refractivity contribution in [1.82, 2.24) is 5.32 Å². The number of rotatable bonds is 4. The summed E-state index contributed by atoms with van der Waals surface area (Å²) in [4.78, 5) is 25.6. The third-order valence-electron chi connectivity index (χ3n) is 14.2. The van der Waals surface area contributed by atoms with Crippen LogP contribution in [0.1, 0.15) is 113 Å². The Hall–Kier alpha value is -1.36. The zero-order chi connectivity index (χ0) is 28.1. The summed E-state index contributed by atoms with van der Waals surface area (Å²) in [5.74, 6) is 1.15. The van der Waals surface area contributed by atoms with E-state index >= 15 is 0 Å². The number of carbonyl (C=O) groups is 2. The normalized spacial score (nSPS) is 50.0. The number of carbonyl (C=O) groups excluding carboxylic acids is 1. The van der Waals surface area contributed by atoms with Gasteiger partial charge in [0.25, 0.3) is 0 Å². The molecule has 0 saturated heterocycles. The van der Waals surface area contributed by atoms with Crippen LogP contribution in [0.25, 0.3) is 0 Å². The van der Waals surface area contributed by atoms with Crippen molar-refractivity contribution in [2.45, 2.75) is 125 Å². The van der Waals surface area contributed by atoms with Crippen LogP contribution in [0.5, 0.6) is 0 Å². The molecular formula is C33H53NO4. The van der Waals surface area contributed by atoms with Gasteiger partial charge in [0.05, 0.1) is 11.5 Å². The average Bonchev–Trinajstić information content (AvgIpc) is 3.23. The van der Waals surface area contributed by atoms with Gasteiger partial charge in [0.2, 0.25) is 5.91 Å². The van der Waals surface area contributed by atoms with Crippen LogP contribution in [-0.4, -0.2) is 34.2 Å². The van der Waals surface area contributed by atoms with E-state index in [2.05, 4.69) is 53.4 Å².